The summed E-state index contributed by atoms with van der Waals surface area (Å²) in [5.74, 6) is 2.50. The van der Waals surface area contributed by atoms with Gasteiger partial charge in [-0.3, -0.25) is 4.99 Å². The molecule has 1 heterocycles. The second-order valence-corrected chi connectivity index (χ2v) is 8.76. The van der Waals surface area contributed by atoms with Gasteiger partial charge in [-0.05, 0) is 79.3 Å². The molecule has 0 saturated heterocycles. The van der Waals surface area contributed by atoms with Gasteiger partial charge >= 0.3 is 0 Å². The molecule has 1 N–H and O–H groups in total. The SMILES string of the molecule is CCOc1cc(C=Nc2ccc([C@@H]3Nc4ccc(C)cc4[C@@H]4C=CC[C@H]43)cc2)ccc1OC. The molecule has 0 aromatic heterocycles. The van der Waals surface area contributed by atoms with E-state index in [4.69, 9.17) is 9.47 Å². The fourth-order valence-electron chi connectivity index (χ4n) is 5.00. The third-order valence-electron chi connectivity index (χ3n) is 6.62. The Hall–Kier alpha value is -3.53. The Morgan fingerprint density at radius 3 is 2.67 bits per heavy atom. The van der Waals surface area contributed by atoms with Gasteiger partial charge in [0.2, 0.25) is 0 Å². The summed E-state index contributed by atoms with van der Waals surface area (Å²) < 4.78 is 11.0. The number of hydrogen-bond acceptors (Lipinski definition) is 4. The lowest BCUT2D eigenvalue weighted by Gasteiger charge is -2.37. The third kappa shape index (κ3) is 4.25. The number of anilines is 1. The molecule has 4 nitrogen and oxygen atoms in total. The molecule has 168 valence electrons. The van der Waals surface area contributed by atoms with Crippen LogP contribution >= 0.6 is 0 Å². The first-order chi connectivity index (χ1) is 16.2. The summed E-state index contributed by atoms with van der Waals surface area (Å²) in [5, 5.41) is 3.81. The number of benzene rings is 3. The molecule has 3 aromatic carbocycles. The van der Waals surface area contributed by atoms with Crippen molar-refractivity contribution in [2.24, 2.45) is 10.9 Å². The van der Waals surface area contributed by atoms with Crippen molar-refractivity contribution in [2.45, 2.75) is 32.2 Å². The van der Waals surface area contributed by atoms with E-state index < -0.39 is 0 Å². The first-order valence-corrected chi connectivity index (χ1v) is 11.6. The molecule has 5 rings (SSSR count). The van der Waals surface area contributed by atoms with Gasteiger partial charge in [0.15, 0.2) is 11.5 Å². The minimum atomic E-state index is 0.300. The number of fused-ring (bicyclic) bond motifs is 3. The van der Waals surface area contributed by atoms with Gasteiger partial charge in [0.1, 0.15) is 0 Å². The number of nitrogens with one attached hydrogen (secondary N) is 1. The number of allylic oxidation sites excluding steroid dienone is 2. The minimum absolute atomic E-state index is 0.300. The maximum absolute atomic E-state index is 5.67. The monoisotopic (exact) mass is 438 g/mol. The highest BCUT2D eigenvalue weighted by Gasteiger charge is 2.37. The van der Waals surface area contributed by atoms with Crippen molar-refractivity contribution in [1.82, 2.24) is 0 Å². The van der Waals surface area contributed by atoms with Crippen molar-refractivity contribution in [1.29, 1.82) is 0 Å². The minimum Gasteiger partial charge on any atom is -0.493 e. The first-order valence-electron chi connectivity index (χ1n) is 11.6. The van der Waals surface area contributed by atoms with E-state index in [1.54, 1.807) is 7.11 Å². The topological polar surface area (TPSA) is 42.8 Å². The van der Waals surface area contributed by atoms with Crippen molar-refractivity contribution in [3.63, 3.8) is 0 Å². The highest BCUT2D eigenvalue weighted by molar-refractivity contribution is 5.83. The molecule has 0 unspecified atom stereocenters. The van der Waals surface area contributed by atoms with Crippen molar-refractivity contribution in [3.05, 3.63) is 95.1 Å². The van der Waals surface area contributed by atoms with Crippen LogP contribution in [0.1, 0.15) is 47.6 Å². The van der Waals surface area contributed by atoms with E-state index in [0.717, 1.165) is 29.2 Å². The number of aryl methyl sites for hydroxylation is 1. The van der Waals surface area contributed by atoms with Gasteiger partial charge in [-0.2, -0.15) is 0 Å². The Labute approximate surface area is 196 Å². The van der Waals surface area contributed by atoms with Crippen LogP contribution in [0.25, 0.3) is 0 Å². The first kappa shape index (κ1) is 21.3. The number of rotatable bonds is 6. The Bertz CT molecular complexity index is 1200. The number of ether oxygens (including phenoxy) is 2. The molecule has 3 atom stereocenters. The van der Waals surface area contributed by atoms with E-state index >= 15 is 0 Å². The van der Waals surface area contributed by atoms with E-state index in [1.807, 2.05) is 31.3 Å². The van der Waals surface area contributed by atoms with Gasteiger partial charge in [0.05, 0.1) is 25.4 Å². The highest BCUT2D eigenvalue weighted by Crippen LogP contribution is 2.50. The average molecular weight is 439 g/mol. The zero-order valence-electron chi connectivity index (χ0n) is 19.4. The number of hydrogen-bond donors (Lipinski definition) is 1. The summed E-state index contributed by atoms with van der Waals surface area (Å²) in [4.78, 5) is 4.68. The van der Waals surface area contributed by atoms with E-state index in [2.05, 4.69) is 71.8 Å². The van der Waals surface area contributed by atoms with Crippen LogP contribution in [0.3, 0.4) is 0 Å². The van der Waals surface area contributed by atoms with Gasteiger partial charge < -0.3 is 14.8 Å². The van der Waals surface area contributed by atoms with Crippen molar-refractivity contribution in [2.75, 3.05) is 19.0 Å². The number of methoxy groups -OCH3 is 1. The predicted octanol–water partition coefficient (Wildman–Crippen LogP) is 6.98. The van der Waals surface area contributed by atoms with Gasteiger partial charge in [0.25, 0.3) is 0 Å². The molecule has 2 aliphatic rings. The summed E-state index contributed by atoms with van der Waals surface area (Å²) in [6.07, 6.45) is 7.70. The van der Waals surface area contributed by atoms with Crippen LogP contribution in [0.2, 0.25) is 0 Å². The highest BCUT2D eigenvalue weighted by atomic mass is 16.5. The summed E-state index contributed by atoms with van der Waals surface area (Å²) in [5.41, 5.74) is 7.22. The molecule has 1 aliphatic carbocycles. The van der Waals surface area contributed by atoms with Crippen molar-refractivity contribution < 1.29 is 9.47 Å². The lowest BCUT2D eigenvalue weighted by molar-refractivity contribution is 0.311. The second-order valence-electron chi connectivity index (χ2n) is 8.76. The maximum atomic E-state index is 5.67. The van der Waals surface area contributed by atoms with E-state index in [9.17, 15) is 0 Å². The Morgan fingerprint density at radius 2 is 1.88 bits per heavy atom. The van der Waals surface area contributed by atoms with Crippen LogP contribution in [-0.4, -0.2) is 19.9 Å². The van der Waals surface area contributed by atoms with Crippen LogP contribution < -0.4 is 14.8 Å². The van der Waals surface area contributed by atoms with Crippen molar-refractivity contribution in [3.8, 4) is 11.5 Å². The summed E-state index contributed by atoms with van der Waals surface area (Å²) >= 11 is 0. The molecule has 33 heavy (non-hydrogen) atoms. The molecule has 0 fully saturated rings. The summed E-state index contributed by atoms with van der Waals surface area (Å²) in [7, 11) is 1.65. The second kappa shape index (κ2) is 9.14. The van der Waals surface area contributed by atoms with Crippen molar-refractivity contribution >= 4 is 17.6 Å². The fraction of sp³-hybridized carbons (Fsp3) is 0.276. The van der Waals surface area contributed by atoms with Crippen LogP contribution in [-0.2, 0) is 0 Å². The molecule has 3 aromatic rings. The normalized spacial score (nSPS) is 20.9. The predicted molar refractivity (Wildman–Crippen MR) is 135 cm³/mol. The Morgan fingerprint density at radius 1 is 1.03 bits per heavy atom. The largest absolute Gasteiger partial charge is 0.493 e. The zero-order valence-corrected chi connectivity index (χ0v) is 19.4. The van der Waals surface area contributed by atoms with Crippen LogP contribution in [0.5, 0.6) is 11.5 Å². The lowest BCUT2D eigenvalue weighted by Crippen LogP contribution is -2.29. The summed E-state index contributed by atoms with van der Waals surface area (Å²) in [6, 6.07) is 21.5. The third-order valence-corrected chi connectivity index (χ3v) is 6.62. The molecule has 0 amide bonds. The van der Waals surface area contributed by atoms with E-state index in [-0.39, 0.29) is 0 Å². The molecule has 0 spiro atoms. The van der Waals surface area contributed by atoms with E-state index in [0.29, 0.717) is 24.5 Å². The average Bonchev–Trinajstić information content (AvgIpc) is 3.34. The number of aliphatic imine (C=N–C) groups is 1. The smallest absolute Gasteiger partial charge is 0.161 e. The molecule has 4 heteroatoms. The van der Waals surface area contributed by atoms with Crippen LogP contribution in [0.15, 0.2) is 77.8 Å². The Balaban J connectivity index is 1.35. The van der Waals surface area contributed by atoms with Crippen LogP contribution in [0.4, 0.5) is 11.4 Å². The standard InChI is InChI=1S/C29H30N2O2/c1-4-33-28-17-20(9-15-27(28)32-3)18-30-22-12-10-21(11-13-22)29-24-7-5-6-23(24)25-16-19(2)8-14-26(25)31-29/h5-6,8-18,23-24,29,31H,4,7H2,1-3H3/t23-,24-,29+/m1/s1. The molecule has 1 aliphatic heterocycles. The quantitative estimate of drug-likeness (QED) is 0.333. The van der Waals surface area contributed by atoms with Crippen LogP contribution in [0, 0.1) is 12.8 Å². The van der Waals surface area contributed by atoms with Gasteiger partial charge in [-0.25, -0.2) is 0 Å². The molecule has 0 bridgehead atoms. The number of nitrogens with zero attached hydrogens (tertiary/aromatic N) is 1. The summed E-state index contributed by atoms with van der Waals surface area (Å²) in [6.45, 7) is 4.73. The molecular weight excluding hydrogens is 408 g/mol. The fourth-order valence-corrected chi connectivity index (χ4v) is 5.00. The van der Waals surface area contributed by atoms with Gasteiger partial charge in [-0.1, -0.05) is 42.0 Å². The van der Waals surface area contributed by atoms with Gasteiger partial charge in [-0.15, -0.1) is 0 Å². The molecule has 0 radical (unpaired) electrons. The Kier molecular flexibility index (Phi) is 5.91. The zero-order chi connectivity index (χ0) is 22.8. The molecular formula is C29H30N2O2. The van der Waals surface area contributed by atoms with Gasteiger partial charge in [0, 0.05) is 17.8 Å². The van der Waals surface area contributed by atoms with E-state index in [1.165, 1.54) is 22.4 Å². The molecule has 0 saturated carbocycles. The maximum Gasteiger partial charge on any atom is 0.161 e. The lowest BCUT2D eigenvalue weighted by atomic mass is 9.76.